The Bertz CT molecular complexity index is 1480. The predicted octanol–water partition coefficient (Wildman–Crippen LogP) is 5.69. The van der Waals surface area contributed by atoms with E-state index in [4.69, 9.17) is 0 Å². The van der Waals surface area contributed by atoms with Crippen LogP contribution >= 0.6 is 0 Å². The van der Waals surface area contributed by atoms with E-state index in [1.165, 1.54) is 12.1 Å². The van der Waals surface area contributed by atoms with Gasteiger partial charge in [0.1, 0.15) is 17.1 Å². The molecule has 2 aromatic carbocycles. The number of aromatic nitrogens is 3. The minimum absolute atomic E-state index is 0.101. The summed E-state index contributed by atoms with van der Waals surface area (Å²) < 4.78 is 43.4. The molecule has 0 radical (unpaired) electrons. The van der Waals surface area contributed by atoms with E-state index in [2.05, 4.69) is 49.4 Å². The minimum atomic E-state index is -4.75. The third-order valence-corrected chi connectivity index (χ3v) is 7.53. The number of hydrogen-bond donors (Lipinski definition) is 2. The van der Waals surface area contributed by atoms with E-state index in [0.717, 1.165) is 42.7 Å². The molecule has 1 unspecified atom stereocenters. The molecule has 0 bridgehead atoms. The lowest BCUT2D eigenvalue weighted by molar-refractivity contribution is -0.274. The first kappa shape index (κ1) is 29.4. The summed E-state index contributed by atoms with van der Waals surface area (Å²) in [5.74, 6) is 0.289. The molecule has 1 atom stereocenters. The van der Waals surface area contributed by atoms with E-state index in [9.17, 15) is 18.0 Å². The number of imidazole rings is 1. The SMILES string of the molecule is CC(NC(=O)CCc1nc2cccnc2n1Cc1ccc(OC(F)(F)F)cc1)c1ccc(NC2CCN(C)CC2)cc1. The maximum Gasteiger partial charge on any atom is 0.573 e. The fourth-order valence-corrected chi connectivity index (χ4v) is 5.22. The number of fused-ring (bicyclic) bond motifs is 1. The van der Waals surface area contributed by atoms with Crippen LogP contribution in [0.25, 0.3) is 11.2 Å². The molecule has 0 aliphatic carbocycles. The van der Waals surface area contributed by atoms with Gasteiger partial charge in [0.2, 0.25) is 5.91 Å². The number of nitrogens with zero attached hydrogens (tertiary/aromatic N) is 4. The zero-order valence-corrected chi connectivity index (χ0v) is 23.7. The van der Waals surface area contributed by atoms with Crippen molar-refractivity contribution in [2.45, 2.75) is 57.6 Å². The molecule has 1 fully saturated rings. The van der Waals surface area contributed by atoms with Crippen molar-refractivity contribution in [2.24, 2.45) is 0 Å². The highest BCUT2D eigenvalue weighted by Gasteiger charge is 2.31. The van der Waals surface area contributed by atoms with E-state index in [1.54, 1.807) is 24.4 Å². The summed E-state index contributed by atoms with van der Waals surface area (Å²) in [7, 11) is 2.15. The molecule has 2 N–H and O–H groups in total. The number of amides is 1. The first-order valence-electron chi connectivity index (χ1n) is 14.1. The summed E-state index contributed by atoms with van der Waals surface area (Å²) >= 11 is 0. The van der Waals surface area contributed by atoms with Gasteiger partial charge in [0, 0.05) is 30.8 Å². The molecule has 1 aliphatic heterocycles. The van der Waals surface area contributed by atoms with Crippen LogP contribution in [0, 0.1) is 0 Å². The summed E-state index contributed by atoms with van der Waals surface area (Å²) in [5, 5.41) is 6.69. The Kier molecular flexibility index (Phi) is 8.96. The molecule has 222 valence electrons. The van der Waals surface area contributed by atoms with Gasteiger partial charge in [-0.25, -0.2) is 9.97 Å². The second-order valence-corrected chi connectivity index (χ2v) is 10.8. The number of likely N-dealkylation sites (tertiary alicyclic amines) is 1. The second kappa shape index (κ2) is 12.8. The second-order valence-electron chi connectivity index (χ2n) is 10.8. The van der Waals surface area contributed by atoms with Gasteiger partial charge in [0.25, 0.3) is 0 Å². The standard InChI is InChI=1S/C31H35F3N6O2/c1-21(23-7-9-24(10-8-23)37-25-15-18-39(2)19-16-25)36-29(41)14-13-28-38-27-4-3-17-35-30(27)40(28)20-22-5-11-26(12-6-22)42-31(32,33)34/h3-12,17,21,25,37H,13-16,18-20H2,1-2H3,(H,36,41). The number of carbonyl (C=O) groups excluding carboxylic acids is 1. The number of piperidine rings is 1. The van der Waals surface area contributed by atoms with Crippen molar-refractivity contribution in [3.05, 3.63) is 83.8 Å². The number of anilines is 1. The predicted molar refractivity (Wildman–Crippen MR) is 155 cm³/mol. The smallest absolute Gasteiger partial charge is 0.406 e. The number of rotatable bonds is 10. The maximum atomic E-state index is 12.9. The van der Waals surface area contributed by atoms with E-state index in [1.807, 2.05) is 29.7 Å². The van der Waals surface area contributed by atoms with Crippen molar-refractivity contribution in [1.29, 1.82) is 0 Å². The van der Waals surface area contributed by atoms with Crippen LogP contribution in [0.5, 0.6) is 5.75 Å². The summed E-state index contributed by atoms with van der Waals surface area (Å²) in [6, 6.07) is 17.9. The molecule has 0 spiro atoms. The Labute approximate surface area is 242 Å². The normalized spacial score (nSPS) is 15.5. The lowest BCUT2D eigenvalue weighted by atomic mass is 10.0. The summed E-state index contributed by atoms with van der Waals surface area (Å²) in [6.45, 7) is 4.49. The molecular formula is C31H35F3N6O2. The van der Waals surface area contributed by atoms with Crippen molar-refractivity contribution < 1.29 is 22.7 Å². The van der Waals surface area contributed by atoms with Crippen LogP contribution in [0.3, 0.4) is 0 Å². The van der Waals surface area contributed by atoms with Crippen LogP contribution in [0.4, 0.5) is 18.9 Å². The number of alkyl halides is 3. The minimum Gasteiger partial charge on any atom is -0.406 e. The molecule has 11 heteroatoms. The zero-order chi connectivity index (χ0) is 29.7. The van der Waals surface area contributed by atoms with Gasteiger partial charge in [-0.3, -0.25) is 4.79 Å². The van der Waals surface area contributed by atoms with Crippen molar-refractivity contribution in [2.75, 3.05) is 25.5 Å². The maximum absolute atomic E-state index is 12.9. The summed E-state index contributed by atoms with van der Waals surface area (Å²) in [4.78, 5) is 24.4. The molecule has 1 amide bonds. The number of carbonyl (C=O) groups is 1. The molecule has 3 heterocycles. The number of hydrogen-bond acceptors (Lipinski definition) is 6. The van der Waals surface area contributed by atoms with Gasteiger partial charge in [0.05, 0.1) is 12.6 Å². The lowest BCUT2D eigenvalue weighted by Gasteiger charge is -2.30. The van der Waals surface area contributed by atoms with Gasteiger partial charge in [-0.2, -0.15) is 0 Å². The topological polar surface area (TPSA) is 84.3 Å². The highest BCUT2D eigenvalue weighted by atomic mass is 19.4. The first-order chi connectivity index (χ1) is 20.1. The largest absolute Gasteiger partial charge is 0.573 e. The van der Waals surface area contributed by atoms with Crippen molar-refractivity contribution in [3.8, 4) is 5.75 Å². The number of pyridine rings is 1. The summed E-state index contributed by atoms with van der Waals surface area (Å²) in [5.41, 5.74) is 4.19. The lowest BCUT2D eigenvalue weighted by Crippen LogP contribution is -2.36. The van der Waals surface area contributed by atoms with Gasteiger partial charge in [-0.05, 0) is 87.4 Å². The highest BCUT2D eigenvalue weighted by Crippen LogP contribution is 2.24. The highest BCUT2D eigenvalue weighted by molar-refractivity contribution is 5.77. The monoisotopic (exact) mass is 580 g/mol. The van der Waals surface area contributed by atoms with Crippen molar-refractivity contribution in [1.82, 2.24) is 24.8 Å². The third-order valence-electron chi connectivity index (χ3n) is 7.53. The Morgan fingerprint density at radius 3 is 2.48 bits per heavy atom. The molecule has 1 saturated heterocycles. The Hall–Kier alpha value is -4.12. The van der Waals surface area contributed by atoms with E-state index < -0.39 is 6.36 Å². The molecular weight excluding hydrogens is 545 g/mol. The average Bonchev–Trinajstić information content (AvgIpc) is 3.31. The Balaban J connectivity index is 1.19. The van der Waals surface area contributed by atoms with Crippen molar-refractivity contribution >= 4 is 22.8 Å². The van der Waals surface area contributed by atoms with E-state index in [-0.39, 0.29) is 24.1 Å². The summed E-state index contributed by atoms with van der Waals surface area (Å²) in [6.07, 6.45) is -0.237. The molecule has 0 saturated carbocycles. The Morgan fingerprint density at radius 2 is 1.79 bits per heavy atom. The molecule has 5 rings (SSSR count). The number of ether oxygens (including phenoxy) is 1. The van der Waals surface area contributed by atoms with E-state index >= 15 is 0 Å². The van der Waals surface area contributed by atoms with E-state index in [0.29, 0.717) is 36.0 Å². The van der Waals surface area contributed by atoms with Crippen molar-refractivity contribution in [3.63, 3.8) is 0 Å². The van der Waals surface area contributed by atoms with Gasteiger partial charge >= 0.3 is 6.36 Å². The molecule has 4 aromatic rings. The third kappa shape index (κ3) is 7.79. The van der Waals surface area contributed by atoms with Crippen LogP contribution < -0.4 is 15.4 Å². The van der Waals surface area contributed by atoms with Crippen LogP contribution in [-0.2, 0) is 17.8 Å². The average molecular weight is 581 g/mol. The fourth-order valence-electron chi connectivity index (χ4n) is 5.22. The molecule has 1 aliphatic rings. The number of halogens is 3. The van der Waals surface area contributed by atoms with Crippen LogP contribution in [-0.4, -0.2) is 57.9 Å². The number of aryl methyl sites for hydroxylation is 1. The molecule has 8 nitrogen and oxygen atoms in total. The molecule has 2 aromatic heterocycles. The number of nitrogens with one attached hydrogen (secondary N) is 2. The first-order valence-corrected chi connectivity index (χ1v) is 14.1. The van der Waals surface area contributed by atoms with Crippen LogP contribution in [0.1, 0.15) is 49.2 Å². The van der Waals surface area contributed by atoms with Gasteiger partial charge < -0.3 is 24.8 Å². The zero-order valence-electron chi connectivity index (χ0n) is 23.7. The fraction of sp³-hybridized carbons (Fsp3) is 0.387. The Morgan fingerprint density at radius 1 is 1.07 bits per heavy atom. The van der Waals surface area contributed by atoms with Gasteiger partial charge in [0.15, 0.2) is 5.65 Å². The quantitative estimate of drug-likeness (QED) is 0.251. The van der Waals surface area contributed by atoms with Gasteiger partial charge in [-0.1, -0.05) is 24.3 Å². The van der Waals surface area contributed by atoms with Crippen LogP contribution in [0.15, 0.2) is 66.9 Å². The molecule has 42 heavy (non-hydrogen) atoms. The number of benzene rings is 2. The van der Waals surface area contributed by atoms with Gasteiger partial charge in [-0.15, -0.1) is 13.2 Å². The van der Waals surface area contributed by atoms with Crippen LogP contribution in [0.2, 0.25) is 0 Å².